The number of carbonyl (C=O) groups is 1. The molecule has 0 bridgehead atoms. The lowest BCUT2D eigenvalue weighted by atomic mass is 9.95. The number of nitrogens with zero attached hydrogens (tertiary/aromatic N) is 1. The Morgan fingerprint density at radius 2 is 2.12 bits per heavy atom. The van der Waals surface area contributed by atoms with Gasteiger partial charge >= 0.3 is 0 Å². The van der Waals surface area contributed by atoms with Crippen molar-refractivity contribution in [3.63, 3.8) is 0 Å². The van der Waals surface area contributed by atoms with E-state index in [0.29, 0.717) is 24.1 Å². The van der Waals surface area contributed by atoms with Gasteiger partial charge in [0.05, 0.1) is 30.9 Å². The van der Waals surface area contributed by atoms with Crippen LogP contribution in [0.5, 0.6) is 11.5 Å². The predicted octanol–water partition coefficient (Wildman–Crippen LogP) is 3.23. The van der Waals surface area contributed by atoms with Crippen LogP contribution in [0.3, 0.4) is 0 Å². The third kappa shape index (κ3) is 6.32. The molecule has 0 atom stereocenters. The Balaban J connectivity index is 1.86. The maximum Gasteiger partial charge on any atom is 0.254 e. The van der Waals surface area contributed by atoms with Gasteiger partial charge < -0.3 is 14.8 Å². The van der Waals surface area contributed by atoms with Gasteiger partial charge in [-0.2, -0.15) is 5.10 Å². The maximum atomic E-state index is 11.9. The van der Waals surface area contributed by atoms with E-state index in [1.165, 1.54) is 19.3 Å². The SMILES string of the molecule is CCOc1c(Br)cc(/C=N\NC(=O)CNC2CCCCC2)cc1OC. The first-order valence-electron chi connectivity index (χ1n) is 8.69. The molecular weight excluding hydrogens is 386 g/mol. The summed E-state index contributed by atoms with van der Waals surface area (Å²) in [6.45, 7) is 2.75. The van der Waals surface area contributed by atoms with Crippen LogP contribution >= 0.6 is 15.9 Å². The molecule has 0 unspecified atom stereocenters. The number of ether oxygens (including phenoxy) is 2. The molecule has 7 heteroatoms. The minimum atomic E-state index is -0.140. The average Bonchev–Trinajstić information content (AvgIpc) is 2.63. The first kappa shape index (κ1) is 19.7. The van der Waals surface area contributed by atoms with E-state index in [2.05, 4.69) is 31.8 Å². The third-order valence-corrected chi connectivity index (χ3v) is 4.69. The van der Waals surface area contributed by atoms with Gasteiger partial charge in [0, 0.05) is 6.04 Å². The lowest BCUT2D eigenvalue weighted by Gasteiger charge is -2.22. The number of methoxy groups -OCH3 is 1. The Morgan fingerprint density at radius 3 is 2.80 bits per heavy atom. The van der Waals surface area contributed by atoms with E-state index in [0.717, 1.165) is 22.9 Å². The van der Waals surface area contributed by atoms with Gasteiger partial charge in [-0.15, -0.1) is 0 Å². The van der Waals surface area contributed by atoms with Crippen molar-refractivity contribution >= 4 is 28.1 Å². The quantitative estimate of drug-likeness (QED) is 0.508. The lowest BCUT2D eigenvalue weighted by Crippen LogP contribution is -2.38. The van der Waals surface area contributed by atoms with Crippen molar-refractivity contribution in [2.24, 2.45) is 5.10 Å². The Bertz CT molecular complexity index is 601. The highest BCUT2D eigenvalue weighted by atomic mass is 79.9. The number of amides is 1. The summed E-state index contributed by atoms with van der Waals surface area (Å²) in [7, 11) is 1.59. The molecule has 0 heterocycles. The van der Waals surface area contributed by atoms with Crippen molar-refractivity contribution < 1.29 is 14.3 Å². The molecule has 2 N–H and O–H groups in total. The summed E-state index contributed by atoms with van der Waals surface area (Å²) in [4.78, 5) is 11.9. The van der Waals surface area contributed by atoms with Crippen LogP contribution in [0.1, 0.15) is 44.6 Å². The fourth-order valence-corrected chi connectivity index (χ4v) is 3.43. The molecule has 138 valence electrons. The summed E-state index contributed by atoms with van der Waals surface area (Å²) < 4.78 is 11.7. The Hall–Kier alpha value is -1.60. The number of carbonyl (C=O) groups excluding carboxylic acids is 1. The molecule has 0 aliphatic heterocycles. The van der Waals surface area contributed by atoms with E-state index in [1.54, 1.807) is 13.3 Å². The van der Waals surface area contributed by atoms with Crippen molar-refractivity contribution in [2.45, 2.75) is 45.1 Å². The van der Waals surface area contributed by atoms with Crippen molar-refractivity contribution in [2.75, 3.05) is 20.3 Å². The largest absolute Gasteiger partial charge is 0.493 e. The summed E-state index contributed by atoms with van der Waals surface area (Å²) >= 11 is 3.47. The monoisotopic (exact) mass is 411 g/mol. The molecule has 1 aliphatic rings. The second-order valence-corrected chi connectivity index (χ2v) is 6.83. The summed E-state index contributed by atoms with van der Waals surface area (Å²) in [5, 5.41) is 7.30. The van der Waals surface area contributed by atoms with Crippen LogP contribution in [0.25, 0.3) is 0 Å². The van der Waals surface area contributed by atoms with Gasteiger partial charge in [0.1, 0.15) is 0 Å². The van der Waals surface area contributed by atoms with Crippen molar-refractivity contribution in [3.8, 4) is 11.5 Å². The second-order valence-electron chi connectivity index (χ2n) is 5.98. The zero-order valence-electron chi connectivity index (χ0n) is 14.8. The van der Waals surface area contributed by atoms with Crippen LogP contribution in [0.15, 0.2) is 21.7 Å². The van der Waals surface area contributed by atoms with Gasteiger partial charge in [-0.1, -0.05) is 19.3 Å². The normalized spacial score (nSPS) is 15.3. The van der Waals surface area contributed by atoms with Crippen LogP contribution in [0.4, 0.5) is 0 Å². The molecule has 1 aliphatic carbocycles. The summed E-state index contributed by atoms with van der Waals surface area (Å²) in [5.74, 6) is 1.13. The zero-order valence-corrected chi connectivity index (χ0v) is 16.4. The summed E-state index contributed by atoms with van der Waals surface area (Å²) in [6, 6.07) is 4.13. The maximum absolute atomic E-state index is 11.9. The van der Waals surface area contributed by atoms with Crippen LogP contribution in [0, 0.1) is 0 Å². The first-order chi connectivity index (χ1) is 12.1. The number of hydrogen-bond donors (Lipinski definition) is 2. The molecule has 6 nitrogen and oxygen atoms in total. The topological polar surface area (TPSA) is 72.0 Å². The van der Waals surface area contributed by atoms with Crippen molar-refractivity contribution in [3.05, 3.63) is 22.2 Å². The standard InChI is InChI=1S/C18H26BrN3O3/c1-3-25-18-15(19)9-13(10-16(18)24-2)11-21-22-17(23)12-20-14-7-5-4-6-8-14/h9-11,14,20H,3-8,12H2,1-2H3,(H,22,23)/b21-11-. The highest BCUT2D eigenvalue weighted by molar-refractivity contribution is 9.10. The number of halogens is 1. The highest BCUT2D eigenvalue weighted by Gasteiger charge is 2.14. The Morgan fingerprint density at radius 1 is 1.36 bits per heavy atom. The minimum Gasteiger partial charge on any atom is -0.493 e. The van der Waals surface area contributed by atoms with E-state index >= 15 is 0 Å². The molecule has 1 fully saturated rings. The molecule has 1 saturated carbocycles. The van der Waals surface area contributed by atoms with Gasteiger partial charge in [-0.25, -0.2) is 5.43 Å². The average molecular weight is 412 g/mol. The third-order valence-electron chi connectivity index (χ3n) is 4.10. The summed E-state index contributed by atoms with van der Waals surface area (Å²) in [6.07, 6.45) is 7.67. The fraction of sp³-hybridized carbons (Fsp3) is 0.556. The van der Waals surface area contributed by atoms with E-state index < -0.39 is 0 Å². The molecule has 0 saturated heterocycles. The van der Waals surface area contributed by atoms with Gasteiger partial charge in [-0.05, 0) is 53.4 Å². The minimum absolute atomic E-state index is 0.140. The van der Waals surface area contributed by atoms with Crippen LogP contribution < -0.4 is 20.2 Å². The molecule has 0 aromatic heterocycles. The highest BCUT2D eigenvalue weighted by Crippen LogP contribution is 2.36. The van der Waals surface area contributed by atoms with Crippen molar-refractivity contribution in [1.82, 2.24) is 10.7 Å². The number of benzene rings is 1. The smallest absolute Gasteiger partial charge is 0.254 e. The second kappa shape index (κ2) is 10.4. The van der Waals surface area contributed by atoms with E-state index in [-0.39, 0.29) is 12.5 Å². The molecule has 2 rings (SSSR count). The Labute approximate surface area is 157 Å². The first-order valence-corrected chi connectivity index (χ1v) is 9.49. The molecule has 1 aromatic carbocycles. The Kier molecular flexibility index (Phi) is 8.21. The van der Waals surface area contributed by atoms with Gasteiger partial charge in [0.15, 0.2) is 11.5 Å². The van der Waals surface area contributed by atoms with Crippen LogP contribution in [-0.2, 0) is 4.79 Å². The van der Waals surface area contributed by atoms with Gasteiger partial charge in [0.2, 0.25) is 0 Å². The number of rotatable bonds is 8. The zero-order chi connectivity index (χ0) is 18.1. The van der Waals surface area contributed by atoms with Gasteiger partial charge in [-0.3, -0.25) is 4.79 Å². The van der Waals surface area contributed by atoms with E-state index in [1.807, 2.05) is 19.1 Å². The summed E-state index contributed by atoms with van der Waals surface area (Å²) in [5.41, 5.74) is 3.35. The number of nitrogens with one attached hydrogen (secondary N) is 2. The molecule has 25 heavy (non-hydrogen) atoms. The molecule has 0 radical (unpaired) electrons. The molecule has 1 aromatic rings. The van der Waals surface area contributed by atoms with Gasteiger partial charge in [0.25, 0.3) is 5.91 Å². The molecule has 0 spiro atoms. The van der Waals surface area contributed by atoms with Crippen LogP contribution in [0.2, 0.25) is 0 Å². The predicted molar refractivity (Wildman–Crippen MR) is 102 cm³/mol. The molecule has 1 amide bonds. The fourth-order valence-electron chi connectivity index (χ4n) is 2.86. The number of hydrogen-bond acceptors (Lipinski definition) is 5. The van der Waals surface area contributed by atoms with E-state index in [4.69, 9.17) is 9.47 Å². The van der Waals surface area contributed by atoms with Crippen molar-refractivity contribution in [1.29, 1.82) is 0 Å². The molecular formula is C18H26BrN3O3. The van der Waals surface area contributed by atoms with E-state index in [9.17, 15) is 4.79 Å². The lowest BCUT2D eigenvalue weighted by molar-refractivity contribution is -0.120. The number of hydrazone groups is 1. The van der Waals surface area contributed by atoms with Crippen LogP contribution in [-0.4, -0.2) is 38.4 Å².